The van der Waals surface area contributed by atoms with Crippen molar-refractivity contribution in [1.82, 2.24) is 5.01 Å². The van der Waals surface area contributed by atoms with Crippen LogP contribution in [0.25, 0.3) is 0 Å². The van der Waals surface area contributed by atoms with E-state index in [2.05, 4.69) is 6.92 Å². The van der Waals surface area contributed by atoms with Gasteiger partial charge in [0.15, 0.2) is 0 Å². The number of hydrogen-bond acceptors (Lipinski definition) is 3. The molecule has 1 heterocycles. The summed E-state index contributed by atoms with van der Waals surface area (Å²) in [5, 5.41) is 1.83. The Balaban J connectivity index is 2.45. The van der Waals surface area contributed by atoms with E-state index in [0.717, 1.165) is 25.9 Å². The van der Waals surface area contributed by atoms with Crippen molar-refractivity contribution in [2.45, 2.75) is 25.4 Å². The van der Waals surface area contributed by atoms with Gasteiger partial charge in [-0.3, -0.25) is 5.84 Å². The normalized spacial score (nSPS) is 36.3. The summed E-state index contributed by atoms with van der Waals surface area (Å²) in [5.41, 5.74) is -0.00694. The van der Waals surface area contributed by atoms with Gasteiger partial charge in [-0.1, -0.05) is 0 Å². The number of ether oxygens (including phenoxy) is 1. The summed E-state index contributed by atoms with van der Waals surface area (Å²) >= 11 is 0. The van der Waals surface area contributed by atoms with E-state index in [1.165, 1.54) is 0 Å². The molecule has 1 rings (SSSR count). The number of rotatable bonds is 1. The SMILES string of the molecule is COC1(C)CCCN(N)C1. The molecule has 1 saturated heterocycles. The predicted molar refractivity (Wildman–Crippen MR) is 40.4 cm³/mol. The van der Waals surface area contributed by atoms with E-state index in [1.807, 2.05) is 5.01 Å². The van der Waals surface area contributed by atoms with Gasteiger partial charge in [0.25, 0.3) is 0 Å². The van der Waals surface area contributed by atoms with Crippen LogP contribution < -0.4 is 5.84 Å². The molecule has 0 aromatic heterocycles. The lowest BCUT2D eigenvalue weighted by molar-refractivity contribution is -0.0509. The molecule has 0 aromatic rings. The summed E-state index contributed by atoms with van der Waals surface area (Å²) in [4.78, 5) is 0. The highest BCUT2D eigenvalue weighted by atomic mass is 16.5. The fourth-order valence-electron chi connectivity index (χ4n) is 1.41. The molecule has 3 heteroatoms. The van der Waals surface area contributed by atoms with E-state index >= 15 is 0 Å². The summed E-state index contributed by atoms with van der Waals surface area (Å²) in [5.74, 6) is 5.64. The molecule has 0 spiro atoms. The minimum absolute atomic E-state index is 0.00694. The number of hydrazine groups is 1. The zero-order chi connectivity index (χ0) is 7.61. The highest BCUT2D eigenvalue weighted by Gasteiger charge is 2.28. The van der Waals surface area contributed by atoms with Crippen LogP contribution in [0.2, 0.25) is 0 Å². The standard InChI is InChI=1S/C7H16N2O/c1-7(10-2)4-3-5-9(8)6-7/h3-6,8H2,1-2H3. The van der Waals surface area contributed by atoms with Crippen molar-refractivity contribution < 1.29 is 4.74 Å². The molecule has 0 bridgehead atoms. The van der Waals surface area contributed by atoms with Gasteiger partial charge >= 0.3 is 0 Å². The molecule has 0 saturated carbocycles. The maximum Gasteiger partial charge on any atom is 0.0791 e. The summed E-state index contributed by atoms with van der Waals surface area (Å²) in [6.45, 7) is 3.95. The zero-order valence-corrected chi connectivity index (χ0v) is 6.76. The molecule has 3 nitrogen and oxygen atoms in total. The Labute approximate surface area is 62.1 Å². The highest BCUT2D eigenvalue weighted by Crippen LogP contribution is 2.21. The van der Waals surface area contributed by atoms with Crippen molar-refractivity contribution in [1.29, 1.82) is 0 Å². The van der Waals surface area contributed by atoms with Gasteiger partial charge in [-0.05, 0) is 19.8 Å². The van der Waals surface area contributed by atoms with E-state index in [0.29, 0.717) is 0 Å². The second-order valence-electron chi connectivity index (χ2n) is 3.23. The average molecular weight is 144 g/mol. The topological polar surface area (TPSA) is 38.5 Å². The summed E-state index contributed by atoms with van der Waals surface area (Å²) < 4.78 is 5.33. The second kappa shape index (κ2) is 2.86. The van der Waals surface area contributed by atoms with Gasteiger partial charge in [0.2, 0.25) is 0 Å². The molecule has 0 radical (unpaired) electrons. The Morgan fingerprint density at radius 3 is 2.70 bits per heavy atom. The first-order valence-electron chi connectivity index (χ1n) is 3.71. The fraction of sp³-hybridized carbons (Fsp3) is 1.00. The highest BCUT2D eigenvalue weighted by molar-refractivity contribution is 4.82. The van der Waals surface area contributed by atoms with Crippen LogP contribution in [0.4, 0.5) is 0 Å². The lowest BCUT2D eigenvalue weighted by Crippen LogP contribution is -2.50. The maximum atomic E-state index is 5.64. The minimum Gasteiger partial charge on any atom is -0.377 e. The van der Waals surface area contributed by atoms with Crippen molar-refractivity contribution in [3.63, 3.8) is 0 Å². The van der Waals surface area contributed by atoms with Crippen molar-refractivity contribution in [2.75, 3.05) is 20.2 Å². The zero-order valence-electron chi connectivity index (χ0n) is 6.76. The molecule has 1 atom stereocenters. The molecule has 0 aliphatic carbocycles. The summed E-state index contributed by atoms with van der Waals surface area (Å²) in [6.07, 6.45) is 2.26. The fourth-order valence-corrected chi connectivity index (χ4v) is 1.41. The third-order valence-electron chi connectivity index (χ3n) is 2.18. The van der Waals surface area contributed by atoms with Crippen LogP contribution in [0, 0.1) is 0 Å². The van der Waals surface area contributed by atoms with Gasteiger partial charge in [-0.25, -0.2) is 5.01 Å². The molecular weight excluding hydrogens is 128 g/mol. The lowest BCUT2D eigenvalue weighted by atomic mass is 9.96. The van der Waals surface area contributed by atoms with Crippen LogP contribution >= 0.6 is 0 Å². The smallest absolute Gasteiger partial charge is 0.0791 e. The minimum atomic E-state index is -0.00694. The molecule has 1 aliphatic heterocycles. The molecule has 1 aliphatic rings. The molecular formula is C7H16N2O. The first-order valence-corrected chi connectivity index (χ1v) is 3.71. The first kappa shape index (κ1) is 7.98. The quantitative estimate of drug-likeness (QED) is 0.540. The van der Waals surface area contributed by atoms with Gasteiger partial charge < -0.3 is 4.74 Å². The summed E-state index contributed by atoms with van der Waals surface area (Å²) in [7, 11) is 1.75. The van der Waals surface area contributed by atoms with Gasteiger partial charge in [0, 0.05) is 20.2 Å². The van der Waals surface area contributed by atoms with Gasteiger partial charge in [0.1, 0.15) is 0 Å². The van der Waals surface area contributed by atoms with Gasteiger partial charge in [0.05, 0.1) is 5.60 Å². The molecule has 0 amide bonds. The van der Waals surface area contributed by atoms with Crippen LogP contribution in [0.5, 0.6) is 0 Å². The van der Waals surface area contributed by atoms with Crippen molar-refractivity contribution in [2.24, 2.45) is 5.84 Å². The van der Waals surface area contributed by atoms with Crippen LogP contribution in [0.3, 0.4) is 0 Å². The van der Waals surface area contributed by atoms with Gasteiger partial charge in [-0.15, -0.1) is 0 Å². The lowest BCUT2D eigenvalue weighted by Gasteiger charge is -2.36. The third-order valence-corrected chi connectivity index (χ3v) is 2.18. The van der Waals surface area contributed by atoms with Crippen LogP contribution in [-0.4, -0.2) is 30.8 Å². The molecule has 0 aromatic carbocycles. The molecule has 10 heavy (non-hydrogen) atoms. The molecule has 60 valence electrons. The third kappa shape index (κ3) is 1.68. The molecule has 2 N–H and O–H groups in total. The Kier molecular flexibility index (Phi) is 2.28. The van der Waals surface area contributed by atoms with E-state index in [-0.39, 0.29) is 5.60 Å². The Morgan fingerprint density at radius 2 is 2.30 bits per heavy atom. The maximum absolute atomic E-state index is 5.64. The van der Waals surface area contributed by atoms with Crippen LogP contribution in [-0.2, 0) is 4.74 Å². The first-order chi connectivity index (χ1) is 4.66. The molecule has 1 unspecified atom stereocenters. The van der Waals surface area contributed by atoms with E-state index in [4.69, 9.17) is 10.6 Å². The number of piperidine rings is 1. The molecule has 1 fully saturated rings. The number of hydrogen-bond donors (Lipinski definition) is 1. The van der Waals surface area contributed by atoms with Crippen molar-refractivity contribution >= 4 is 0 Å². The number of methoxy groups -OCH3 is 1. The summed E-state index contributed by atoms with van der Waals surface area (Å²) in [6, 6.07) is 0. The van der Waals surface area contributed by atoms with E-state index < -0.39 is 0 Å². The monoisotopic (exact) mass is 144 g/mol. The average Bonchev–Trinajstić information content (AvgIpc) is 1.88. The van der Waals surface area contributed by atoms with Crippen molar-refractivity contribution in [3.8, 4) is 0 Å². The predicted octanol–water partition coefficient (Wildman–Crippen LogP) is 0.361. The Morgan fingerprint density at radius 1 is 1.60 bits per heavy atom. The second-order valence-corrected chi connectivity index (χ2v) is 3.23. The van der Waals surface area contributed by atoms with Crippen LogP contribution in [0.15, 0.2) is 0 Å². The Bertz CT molecular complexity index is 118. The van der Waals surface area contributed by atoms with E-state index in [1.54, 1.807) is 7.11 Å². The van der Waals surface area contributed by atoms with E-state index in [9.17, 15) is 0 Å². The van der Waals surface area contributed by atoms with Crippen LogP contribution in [0.1, 0.15) is 19.8 Å². The van der Waals surface area contributed by atoms with Crippen molar-refractivity contribution in [3.05, 3.63) is 0 Å². The number of nitrogens with two attached hydrogens (primary N) is 1. The van der Waals surface area contributed by atoms with Gasteiger partial charge in [-0.2, -0.15) is 0 Å². The largest absolute Gasteiger partial charge is 0.377 e. The number of nitrogens with zero attached hydrogens (tertiary/aromatic N) is 1. The Hall–Kier alpha value is -0.120.